The van der Waals surface area contributed by atoms with Gasteiger partial charge >= 0.3 is 6.18 Å². The lowest BCUT2D eigenvalue weighted by molar-refractivity contribution is -0.383. The number of nitrogens with one attached hydrogen (secondary N) is 1. The van der Waals surface area contributed by atoms with Crippen molar-refractivity contribution < 1.29 is 26.9 Å². The van der Waals surface area contributed by atoms with Gasteiger partial charge in [0.1, 0.15) is 5.69 Å². The molecule has 0 aliphatic rings. The van der Waals surface area contributed by atoms with Crippen LogP contribution in [0.4, 0.5) is 30.2 Å². The number of rotatable bonds is 4. The molecule has 0 aliphatic heterocycles. The number of alkyl halides is 3. The largest absolute Gasteiger partial charge is 0.397 e. The van der Waals surface area contributed by atoms with Crippen molar-refractivity contribution in [1.82, 2.24) is 0 Å². The minimum Gasteiger partial charge on any atom is -0.397 e. The zero-order chi connectivity index (χ0) is 14.8. The molecule has 0 fully saturated rings. The van der Waals surface area contributed by atoms with Gasteiger partial charge in [0.05, 0.1) is 17.0 Å². The van der Waals surface area contributed by atoms with Gasteiger partial charge in [0.15, 0.2) is 0 Å². The fourth-order valence-corrected chi connectivity index (χ4v) is 1.78. The predicted octanol–water partition coefficient (Wildman–Crippen LogP) is 1.83. The minimum atomic E-state index is -4.55. The van der Waals surface area contributed by atoms with Gasteiger partial charge in [0.2, 0.25) is 0 Å². The second-order valence-electron chi connectivity index (χ2n) is 3.48. The third-order valence-corrected chi connectivity index (χ3v) is 2.38. The van der Waals surface area contributed by atoms with E-state index in [0.29, 0.717) is 6.07 Å². The van der Waals surface area contributed by atoms with E-state index < -0.39 is 51.4 Å². The van der Waals surface area contributed by atoms with Gasteiger partial charge in [-0.2, -0.15) is 13.2 Å². The van der Waals surface area contributed by atoms with E-state index in [0.717, 1.165) is 6.07 Å². The van der Waals surface area contributed by atoms with Gasteiger partial charge in [-0.3, -0.25) is 19.4 Å². The highest BCUT2D eigenvalue weighted by Gasteiger charge is 2.30. The SMILES string of the molecule is Nc1cc(CC(F)(F)F)cc([N+](=O)[O-])c1NS(=O)O. The van der Waals surface area contributed by atoms with Crippen LogP contribution in [0.1, 0.15) is 5.56 Å². The third-order valence-electron chi connectivity index (χ3n) is 2.00. The molecule has 4 N–H and O–H groups in total. The molecule has 11 heteroatoms. The average molecular weight is 299 g/mol. The first-order valence-electron chi connectivity index (χ1n) is 4.61. The maximum atomic E-state index is 12.2. The summed E-state index contributed by atoms with van der Waals surface area (Å²) in [5.41, 5.74) is 3.21. The summed E-state index contributed by atoms with van der Waals surface area (Å²) >= 11 is -2.64. The summed E-state index contributed by atoms with van der Waals surface area (Å²) in [5.74, 6) is 0. The molecule has 0 bridgehead atoms. The summed E-state index contributed by atoms with van der Waals surface area (Å²) in [6.45, 7) is 0. The van der Waals surface area contributed by atoms with Crippen molar-refractivity contribution in [2.75, 3.05) is 10.5 Å². The highest BCUT2D eigenvalue weighted by atomic mass is 32.2. The Bertz CT molecular complexity index is 535. The predicted molar refractivity (Wildman–Crippen MR) is 61.7 cm³/mol. The van der Waals surface area contributed by atoms with Crippen molar-refractivity contribution >= 4 is 28.3 Å². The standard InChI is InChI=1S/C8H8F3N3O4S/c9-8(10,11)3-4-1-5(12)7(13-19(17)18)6(2-4)14(15)16/h1-2,13H,3,12H2,(H,17,18). The molecule has 0 spiro atoms. The maximum absolute atomic E-state index is 12.2. The summed E-state index contributed by atoms with van der Waals surface area (Å²) in [6.07, 6.45) is -5.93. The second kappa shape index (κ2) is 5.40. The average Bonchev–Trinajstić information content (AvgIpc) is 2.18. The molecule has 0 aliphatic carbocycles. The van der Waals surface area contributed by atoms with Crippen LogP contribution in [0.15, 0.2) is 12.1 Å². The summed E-state index contributed by atoms with van der Waals surface area (Å²) in [5, 5.41) is 10.7. The Kier molecular flexibility index (Phi) is 4.32. The number of hydrogen-bond acceptors (Lipinski definition) is 4. The van der Waals surface area contributed by atoms with Crippen LogP contribution in [-0.4, -0.2) is 19.9 Å². The van der Waals surface area contributed by atoms with Gasteiger partial charge in [0, 0.05) is 6.07 Å². The van der Waals surface area contributed by atoms with Gasteiger partial charge in [-0.1, -0.05) is 0 Å². The quantitative estimate of drug-likeness (QED) is 0.339. The molecular weight excluding hydrogens is 291 g/mol. The Morgan fingerprint density at radius 1 is 1.47 bits per heavy atom. The van der Waals surface area contributed by atoms with Crippen LogP contribution in [0.25, 0.3) is 0 Å². The van der Waals surface area contributed by atoms with Crippen LogP contribution in [-0.2, 0) is 17.7 Å². The first-order valence-corrected chi connectivity index (χ1v) is 5.72. The Morgan fingerprint density at radius 2 is 2.05 bits per heavy atom. The van der Waals surface area contributed by atoms with Crippen molar-refractivity contribution in [1.29, 1.82) is 0 Å². The Hall–Kier alpha value is -1.88. The molecule has 7 nitrogen and oxygen atoms in total. The Labute approximate surface area is 107 Å². The third kappa shape index (κ3) is 4.37. The van der Waals surface area contributed by atoms with E-state index in [1.807, 2.05) is 0 Å². The zero-order valence-electron chi connectivity index (χ0n) is 9.10. The molecule has 19 heavy (non-hydrogen) atoms. The van der Waals surface area contributed by atoms with E-state index in [1.54, 1.807) is 4.72 Å². The molecule has 0 saturated heterocycles. The zero-order valence-corrected chi connectivity index (χ0v) is 9.92. The van der Waals surface area contributed by atoms with Gasteiger partial charge in [-0.25, -0.2) is 4.21 Å². The highest BCUT2D eigenvalue weighted by Crippen LogP contribution is 2.34. The number of benzene rings is 1. The monoisotopic (exact) mass is 299 g/mol. The van der Waals surface area contributed by atoms with Gasteiger partial charge in [0.25, 0.3) is 17.0 Å². The molecule has 0 saturated carbocycles. The highest BCUT2D eigenvalue weighted by molar-refractivity contribution is 7.80. The van der Waals surface area contributed by atoms with Crippen molar-refractivity contribution in [2.45, 2.75) is 12.6 Å². The van der Waals surface area contributed by atoms with Gasteiger partial charge in [-0.05, 0) is 11.6 Å². The molecule has 0 aromatic heterocycles. The maximum Gasteiger partial charge on any atom is 0.393 e. The normalized spacial score (nSPS) is 13.1. The fraction of sp³-hybridized carbons (Fsp3) is 0.250. The lowest BCUT2D eigenvalue weighted by Crippen LogP contribution is -2.13. The lowest BCUT2D eigenvalue weighted by atomic mass is 10.1. The van der Waals surface area contributed by atoms with Gasteiger partial charge < -0.3 is 5.73 Å². The summed E-state index contributed by atoms with van der Waals surface area (Å²) < 4.78 is 57.5. The molecule has 1 rings (SSSR count). The van der Waals surface area contributed by atoms with Crippen LogP contribution in [0.2, 0.25) is 0 Å². The van der Waals surface area contributed by atoms with E-state index in [2.05, 4.69) is 0 Å². The number of nitrogens with zero attached hydrogens (tertiary/aromatic N) is 1. The molecule has 0 radical (unpaired) electrons. The van der Waals surface area contributed by atoms with Gasteiger partial charge in [-0.15, -0.1) is 0 Å². The number of nitrogen functional groups attached to an aromatic ring is 1. The van der Waals surface area contributed by atoms with Crippen LogP contribution in [0.3, 0.4) is 0 Å². The van der Waals surface area contributed by atoms with E-state index >= 15 is 0 Å². The number of nitro benzene ring substituents is 1. The molecule has 1 unspecified atom stereocenters. The van der Waals surface area contributed by atoms with Crippen LogP contribution in [0, 0.1) is 10.1 Å². The molecule has 1 atom stereocenters. The molecular formula is C8H8F3N3O4S. The smallest absolute Gasteiger partial charge is 0.393 e. The molecule has 0 amide bonds. The Balaban J connectivity index is 3.29. The Morgan fingerprint density at radius 3 is 2.47 bits per heavy atom. The van der Waals surface area contributed by atoms with Crippen molar-refractivity contribution in [2.24, 2.45) is 0 Å². The van der Waals surface area contributed by atoms with E-state index in [9.17, 15) is 27.5 Å². The van der Waals surface area contributed by atoms with Crippen molar-refractivity contribution in [3.05, 3.63) is 27.8 Å². The van der Waals surface area contributed by atoms with E-state index in [4.69, 9.17) is 10.3 Å². The molecule has 1 aromatic carbocycles. The first kappa shape index (κ1) is 15.2. The van der Waals surface area contributed by atoms with E-state index in [1.165, 1.54) is 0 Å². The van der Waals surface area contributed by atoms with Crippen LogP contribution < -0.4 is 10.5 Å². The number of nitrogens with two attached hydrogens (primary N) is 1. The fourth-order valence-electron chi connectivity index (χ4n) is 1.39. The molecule has 106 valence electrons. The van der Waals surface area contributed by atoms with Crippen LogP contribution in [0.5, 0.6) is 0 Å². The minimum absolute atomic E-state index is 0.411. The molecule has 1 aromatic rings. The summed E-state index contributed by atoms with van der Waals surface area (Å²) in [6, 6.07) is 1.51. The second-order valence-corrected chi connectivity index (χ2v) is 4.18. The first-order chi connectivity index (χ1) is 8.60. The van der Waals surface area contributed by atoms with Crippen molar-refractivity contribution in [3.63, 3.8) is 0 Å². The summed E-state index contributed by atoms with van der Waals surface area (Å²) in [7, 11) is 0. The number of nitro groups is 1. The van der Waals surface area contributed by atoms with Crippen LogP contribution >= 0.6 is 0 Å². The summed E-state index contributed by atoms with van der Waals surface area (Å²) in [4.78, 5) is 9.73. The van der Waals surface area contributed by atoms with E-state index in [-0.39, 0.29) is 0 Å². The lowest BCUT2D eigenvalue weighted by Gasteiger charge is -2.11. The number of halogens is 3. The topological polar surface area (TPSA) is 118 Å². The van der Waals surface area contributed by atoms with Crippen molar-refractivity contribution in [3.8, 4) is 0 Å². The molecule has 0 heterocycles. The number of anilines is 2. The number of hydrogen-bond donors (Lipinski definition) is 3.